The number of benzene rings is 1. The quantitative estimate of drug-likeness (QED) is 0.833. The van der Waals surface area contributed by atoms with Crippen molar-refractivity contribution in [2.24, 2.45) is 5.92 Å². The maximum Gasteiger partial charge on any atom is 0.241 e. The molecule has 0 fully saturated rings. The Hall–Kier alpha value is -0.820. The normalized spacial score (nSPS) is 11.7. The number of hydrogen-bond acceptors (Lipinski definition) is 3. The van der Waals surface area contributed by atoms with E-state index in [2.05, 4.69) is 10.0 Å². The fourth-order valence-electron chi connectivity index (χ4n) is 1.27. The van der Waals surface area contributed by atoms with Crippen LogP contribution in [0, 0.1) is 5.92 Å². The standard InChI is InChI=1S/C12H16Cl2N2O3S/c1-8(2)6-15-12(17)7-16-20(18,19)9-3-4-10(13)11(14)5-9/h3-5,8,16H,6-7H2,1-2H3,(H,15,17). The second kappa shape index (κ2) is 7.26. The Morgan fingerprint density at radius 1 is 1.25 bits per heavy atom. The molecular formula is C12H16Cl2N2O3S. The molecule has 0 bridgehead atoms. The van der Waals surface area contributed by atoms with Gasteiger partial charge in [-0.15, -0.1) is 0 Å². The van der Waals surface area contributed by atoms with Crippen LogP contribution in [0.3, 0.4) is 0 Å². The second-order valence-electron chi connectivity index (χ2n) is 4.60. The van der Waals surface area contributed by atoms with E-state index in [4.69, 9.17) is 23.2 Å². The molecule has 0 aliphatic rings. The van der Waals surface area contributed by atoms with Crippen molar-refractivity contribution in [1.29, 1.82) is 0 Å². The van der Waals surface area contributed by atoms with E-state index in [0.717, 1.165) is 0 Å². The second-order valence-corrected chi connectivity index (χ2v) is 7.18. The molecule has 0 saturated heterocycles. The van der Waals surface area contributed by atoms with Crippen LogP contribution in [-0.2, 0) is 14.8 Å². The van der Waals surface area contributed by atoms with Gasteiger partial charge in [-0.2, -0.15) is 0 Å². The van der Waals surface area contributed by atoms with E-state index in [-0.39, 0.29) is 27.4 Å². The first-order valence-corrected chi connectivity index (χ1v) is 8.17. The van der Waals surface area contributed by atoms with E-state index in [1.54, 1.807) is 0 Å². The number of hydrogen-bond donors (Lipinski definition) is 2. The Morgan fingerprint density at radius 2 is 1.90 bits per heavy atom. The maximum atomic E-state index is 11.9. The zero-order valence-electron chi connectivity index (χ0n) is 11.1. The molecule has 0 aromatic heterocycles. The molecule has 1 rings (SSSR count). The Balaban J connectivity index is 2.66. The number of sulfonamides is 1. The molecule has 5 nitrogen and oxygen atoms in total. The van der Waals surface area contributed by atoms with Crippen molar-refractivity contribution >= 4 is 39.1 Å². The summed E-state index contributed by atoms with van der Waals surface area (Å²) in [5, 5.41) is 3.02. The van der Waals surface area contributed by atoms with Crippen LogP contribution in [-0.4, -0.2) is 27.4 Å². The average Bonchev–Trinajstić information content (AvgIpc) is 2.37. The van der Waals surface area contributed by atoms with E-state index in [9.17, 15) is 13.2 Å². The molecule has 1 aromatic carbocycles. The van der Waals surface area contributed by atoms with E-state index in [0.29, 0.717) is 12.5 Å². The third kappa shape index (κ3) is 5.28. The number of rotatable bonds is 6. The Kier molecular flexibility index (Phi) is 6.26. The number of carbonyl (C=O) groups is 1. The summed E-state index contributed by atoms with van der Waals surface area (Å²) in [4.78, 5) is 11.4. The van der Waals surface area contributed by atoms with Gasteiger partial charge in [0.1, 0.15) is 0 Å². The van der Waals surface area contributed by atoms with Gasteiger partial charge < -0.3 is 5.32 Å². The Morgan fingerprint density at radius 3 is 2.45 bits per heavy atom. The lowest BCUT2D eigenvalue weighted by Gasteiger charge is -2.09. The van der Waals surface area contributed by atoms with Crippen LogP contribution < -0.4 is 10.0 Å². The first-order valence-electron chi connectivity index (χ1n) is 5.94. The van der Waals surface area contributed by atoms with Crippen LogP contribution in [0.2, 0.25) is 10.0 Å². The van der Waals surface area contributed by atoms with Gasteiger partial charge >= 0.3 is 0 Å². The minimum Gasteiger partial charge on any atom is -0.355 e. The lowest BCUT2D eigenvalue weighted by atomic mass is 10.2. The van der Waals surface area contributed by atoms with Crippen LogP contribution in [0.25, 0.3) is 0 Å². The van der Waals surface area contributed by atoms with Gasteiger partial charge in [0.15, 0.2) is 0 Å². The summed E-state index contributed by atoms with van der Waals surface area (Å²) in [6.07, 6.45) is 0. The van der Waals surface area contributed by atoms with Gasteiger partial charge in [0.2, 0.25) is 15.9 Å². The van der Waals surface area contributed by atoms with Gasteiger partial charge in [0.25, 0.3) is 0 Å². The number of amides is 1. The molecule has 0 atom stereocenters. The van der Waals surface area contributed by atoms with Crippen molar-refractivity contribution in [2.45, 2.75) is 18.7 Å². The largest absolute Gasteiger partial charge is 0.355 e. The van der Waals surface area contributed by atoms with Crippen LogP contribution in [0.5, 0.6) is 0 Å². The van der Waals surface area contributed by atoms with Gasteiger partial charge in [-0.05, 0) is 24.1 Å². The molecule has 1 amide bonds. The molecule has 0 radical (unpaired) electrons. The summed E-state index contributed by atoms with van der Waals surface area (Å²) in [6, 6.07) is 3.94. The molecule has 0 aliphatic carbocycles. The van der Waals surface area contributed by atoms with Gasteiger partial charge in [0, 0.05) is 6.54 Å². The van der Waals surface area contributed by atoms with Crippen molar-refractivity contribution in [3.8, 4) is 0 Å². The molecule has 20 heavy (non-hydrogen) atoms. The summed E-state index contributed by atoms with van der Waals surface area (Å²) in [5.74, 6) is -0.0898. The lowest BCUT2D eigenvalue weighted by molar-refractivity contribution is -0.120. The summed E-state index contributed by atoms with van der Waals surface area (Å²) in [5.41, 5.74) is 0. The molecule has 0 heterocycles. The van der Waals surface area contributed by atoms with Crippen molar-refractivity contribution in [1.82, 2.24) is 10.0 Å². The number of carbonyl (C=O) groups excluding carboxylic acids is 1. The molecule has 8 heteroatoms. The summed E-state index contributed by atoms with van der Waals surface area (Å²) >= 11 is 11.5. The fourth-order valence-corrected chi connectivity index (χ4v) is 2.64. The monoisotopic (exact) mass is 338 g/mol. The molecule has 112 valence electrons. The van der Waals surface area contributed by atoms with Crippen molar-refractivity contribution in [3.63, 3.8) is 0 Å². The van der Waals surface area contributed by atoms with Crippen molar-refractivity contribution in [2.75, 3.05) is 13.1 Å². The zero-order chi connectivity index (χ0) is 15.3. The third-order valence-corrected chi connectivity index (χ3v) is 4.47. The van der Waals surface area contributed by atoms with Crippen LogP contribution in [0.15, 0.2) is 23.1 Å². The van der Waals surface area contributed by atoms with E-state index in [1.165, 1.54) is 18.2 Å². The number of halogens is 2. The van der Waals surface area contributed by atoms with Crippen molar-refractivity contribution < 1.29 is 13.2 Å². The fraction of sp³-hybridized carbons (Fsp3) is 0.417. The maximum absolute atomic E-state index is 11.9. The summed E-state index contributed by atoms with van der Waals surface area (Å²) in [6.45, 7) is 4.06. The molecule has 2 N–H and O–H groups in total. The highest BCUT2D eigenvalue weighted by molar-refractivity contribution is 7.89. The third-order valence-electron chi connectivity index (χ3n) is 2.33. The molecule has 0 aliphatic heterocycles. The molecule has 0 unspecified atom stereocenters. The smallest absolute Gasteiger partial charge is 0.241 e. The minimum atomic E-state index is -3.79. The number of nitrogens with one attached hydrogen (secondary N) is 2. The van der Waals surface area contributed by atoms with Crippen LogP contribution in [0.1, 0.15) is 13.8 Å². The van der Waals surface area contributed by atoms with Gasteiger partial charge in [0.05, 0.1) is 21.5 Å². The first-order chi connectivity index (χ1) is 9.22. The van der Waals surface area contributed by atoms with Crippen LogP contribution >= 0.6 is 23.2 Å². The van der Waals surface area contributed by atoms with Gasteiger partial charge in [-0.1, -0.05) is 37.0 Å². The minimum absolute atomic E-state index is 0.0384. The highest BCUT2D eigenvalue weighted by Crippen LogP contribution is 2.24. The summed E-state index contributed by atoms with van der Waals surface area (Å²) < 4.78 is 26.1. The SMILES string of the molecule is CC(C)CNC(=O)CNS(=O)(=O)c1ccc(Cl)c(Cl)c1. The van der Waals surface area contributed by atoms with E-state index in [1.807, 2.05) is 13.8 Å². The molecule has 0 saturated carbocycles. The van der Waals surface area contributed by atoms with E-state index < -0.39 is 10.0 Å². The molecule has 0 spiro atoms. The van der Waals surface area contributed by atoms with Crippen molar-refractivity contribution in [3.05, 3.63) is 28.2 Å². The highest BCUT2D eigenvalue weighted by atomic mass is 35.5. The predicted octanol–water partition coefficient (Wildman–Crippen LogP) is 2.04. The molecular weight excluding hydrogens is 323 g/mol. The lowest BCUT2D eigenvalue weighted by Crippen LogP contribution is -2.38. The zero-order valence-corrected chi connectivity index (χ0v) is 13.4. The Labute approximate surface area is 128 Å². The highest BCUT2D eigenvalue weighted by Gasteiger charge is 2.16. The van der Waals surface area contributed by atoms with E-state index >= 15 is 0 Å². The van der Waals surface area contributed by atoms with Crippen LogP contribution in [0.4, 0.5) is 0 Å². The van der Waals surface area contributed by atoms with Gasteiger partial charge in [-0.3, -0.25) is 4.79 Å². The van der Waals surface area contributed by atoms with Gasteiger partial charge in [-0.25, -0.2) is 13.1 Å². The summed E-state index contributed by atoms with van der Waals surface area (Å²) in [7, 11) is -3.79. The predicted molar refractivity (Wildman–Crippen MR) is 79.5 cm³/mol. The average molecular weight is 339 g/mol. The Bertz CT molecular complexity index is 588. The molecule has 1 aromatic rings. The topological polar surface area (TPSA) is 75.3 Å². The first kappa shape index (κ1) is 17.2.